The summed E-state index contributed by atoms with van der Waals surface area (Å²) in [5.41, 5.74) is 7.36. The molecule has 0 amide bonds. The number of oxazole rings is 1. The van der Waals surface area contributed by atoms with Crippen LogP contribution >= 0.6 is 0 Å². The Hall–Kier alpha value is -1.40. The summed E-state index contributed by atoms with van der Waals surface area (Å²) >= 11 is 0. The standard InChI is InChI=1S/C15H20N2O3S/c1-21(18,19)11-5-6-13-12(9-11)17-14(20-13)10-15(16)7-3-2-4-8-15/h5-6,9H,2-4,7-8,10,16H2,1H3. The van der Waals surface area contributed by atoms with Crippen molar-refractivity contribution in [2.24, 2.45) is 5.73 Å². The maximum absolute atomic E-state index is 11.6. The fraction of sp³-hybridized carbons (Fsp3) is 0.533. The molecule has 0 radical (unpaired) electrons. The van der Waals surface area contributed by atoms with E-state index < -0.39 is 9.84 Å². The number of nitrogens with two attached hydrogens (primary N) is 1. The van der Waals surface area contributed by atoms with Crippen LogP contribution in [0.5, 0.6) is 0 Å². The molecule has 1 aromatic heterocycles. The average Bonchev–Trinajstić information content (AvgIpc) is 2.78. The van der Waals surface area contributed by atoms with Crippen LogP contribution in [0.4, 0.5) is 0 Å². The third kappa shape index (κ3) is 3.11. The van der Waals surface area contributed by atoms with Crippen LogP contribution in [0.25, 0.3) is 11.1 Å². The number of sulfone groups is 1. The van der Waals surface area contributed by atoms with Crippen molar-refractivity contribution in [3.8, 4) is 0 Å². The van der Waals surface area contributed by atoms with Gasteiger partial charge in [-0.05, 0) is 31.0 Å². The maximum atomic E-state index is 11.6. The second-order valence-electron chi connectivity index (χ2n) is 6.11. The summed E-state index contributed by atoms with van der Waals surface area (Å²) in [6.07, 6.45) is 7.30. The van der Waals surface area contributed by atoms with Crippen LogP contribution in [0.2, 0.25) is 0 Å². The van der Waals surface area contributed by atoms with Gasteiger partial charge in [-0.1, -0.05) is 19.3 Å². The van der Waals surface area contributed by atoms with Crippen LogP contribution < -0.4 is 5.73 Å². The summed E-state index contributed by atoms with van der Waals surface area (Å²) < 4.78 is 28.9. The highest BCUT2D eigenvalue weighted by Gasteiger charge is 2.29. The van der Waals surface area contributed by atoms with Crippen LogP contribution in [-0.2, 0) is 16.3 Å². The first kappa shape index (κ1) is 14.5. The Labute approximate surface area is 124 Å². The van der Waals surface area contributed by atoms with E-state index in [2.05, 4.69) is 4.98 Å². The third-order valence-corrected chi connectivity index (χ3v) is 5.29. The predicted octanol–water partition coefficient (Wildman–Crippen LogP) is 2.44. The Balaban J connectivity index is 1.90. The number of fused-ring (bicyclic) bond motifs is 1. The van der Waals surface area contributed by atoms with Gasteiger partial charge in [-0.3, -0.25) is 0 Å². The minimum atomic E-state index is -3.23. The van der Waals surface area contributed by atoms with Crippen molar-refractivity contribution < 1.29 is 12.8 Å². The number of aromatic nitrogens is 1. The average molecular weight is 308 g/mol. The van der Waals surface area contributed by atoms with E-state index in [0.29, 0.717) is 23.4 Å². The Bertz CT molecular complexity index is 758. The van der Waals surface area contributed by atoms with Crippen molar-refractivity contribution in [2.45, 2.75) is 49.0 Å². The van der Waals surface area contributed by atoms with Gasteiger partial charge in [-0.25, -0.2) is 13.4 Å². The summed E-state index contributed by atoms with van der Waals surface area (Å²) in [5, 5.41) is 0. The Morgan fingerprint density at radius 2 is 2.00 bits per heavy atom. The number of nitrogens with zero attached hydrogens (tertiary/aromatic N) is 1. The van der Waals surface area contributed by atoms with Crippen LogP contribution in [0, 0.1) is 0 Å². The molecule has 0 bridgehead atoms. The molecule has 21 heavy (non-hydrogen) atoms. The van der Waals surface area contributed by atoms with Gasteiger partial charge in [-0.15, -0.1) is 0 Å². The summed E-state index contributed by atoms with van der Waals surface area (Å²) in [5.74, 6) is 0.597. The van der Waals surface area contributed by atoms with E-state index in [9.17, 15) is 8.42 Å². The van der Waals surface area contributed by atoms with Crippen LogP contribution in [-0.4, -0.2) is 25.2 Å². The summed E-state index contributed by atoms with van der Waals surface area (Å²) in [4.78, 5) is 4.67. The Kier molecular flexibility index (Phi) is 3.53. The lowest BCUT2D eigenvalue weighted by Crippen LogP contribution is -2.43. The van der Waals surface area contributed by atoms with E-state index in [-0.39, 0.29) is 10.4 Å². The van der Waals surface area contributed by atoms with Crippen LogP contribution in [0.15, 0.2) is 27.5 Å². The van der Waals surface area contributed by atoms with Crippen molar-refractivity contribution >= 4 is 20.9 Å². The lowest BCUT2D eigenvalue weighted by atomic mass is 9.80. The molecule has 1 saturated carbocycles. The highest BCUT2D eigenvalue weighted by atomic mass is 32.2. The molecule has 0 saturated heterocycles. The predicted molar refractivity (Wildman–Crippen MR) is 80.8 cm³/mol. The molecule has 3 rings (SSSR count). The second-order valence-corrected chi connectivity index (χ2v) is 8.12. The van der Waals surface area contributed by atoms with Crippen LogP contribution in [0.1, 0.15) is 38.0 Å². The second kappa shape index (κ2) is 5.10. The zero-order valence-corrected chi connectivity index (χ0v) is 12.9. The lowest BCUT2D eigenvalue weighted by Gasteiger charge is -2.32. The number of hydrogen-bond donors (Lipinski definition) is 1. The first-order valence-electron chi connectivity index (χ1n) is 7.24. The van der Waals surface area contributed by atoms with E-state index in [1.165, 1.54) is 12.7 Å². The SMILES string of the molecule is CS(=O)(=O)c1ccc2oc(CC3(N)CCCCC3)nc2c1. The molecule has 0 unspecified atom stereocenters. The van der Waals surface area contributed by atoms with Gasteiger partial charge in [-0.2, -0.15) is 0 Å². The van der Waals surface area contributed by atoms with Crippen molar-refractivity contribution in [1.29, 1.82) is 0 Å². The molecule has 1 aliphatic carbocycles. The number of rotatable bonds is 3. The fourth-order valence-electron chi connectivity index (χ4n) is 3.00. The molecule has 5 nitrogen and oxygen atoms in total. The van der Waals surface area contributed by atoms with Gasteiger partial charge in [0.2, 0.25) is 0 Å². The highest BCUT2D eigenvalue weighted by molar-refractivity contribution is 7.90. The van der Waals surface area contributed by atoms with E-state index in [4.69, 9.17) is 10.2 Å². The van der Waals surface area contributed by atoms with Crippen molar-refractivity contribution in [3.05, 3.63) is 24.1 Å². The fourth-order valence-corrected chi connectivity index (χ4v) is 3.64. The highest BCUT2D eigenvalue weighted by Crippen LogP contribution is 2.30. The third-order valence-electron chi connectivity index (χ3n) is 4.18. The van der Waals surface area contributed by atoms with Crippen molar-refractivity contribution in [3.63, 3.8) is 0 Å². The molecular weight excluding hydrogens is 288 g/mol. The van der Waals surface area contributed by atoms with E-state index in [1.807, 2.05) is 0 Å². The number of benzene rings is 1. The van der Waals surface area contributed by atoms with Gasteiger partial charge in [0.1, 0.15) is 5.52 Å². The quantitative estimate of drug-likeness (QED) is 0.941. The van der Waals surface area contributed by atoms with Gasteiger partial charge in [0, 0.05) is 18.2 Å². The molecule has 1 aliphatic rings. The zero-order valence-electron chi connectivity index (χ0n) is 12.1. The molecule has 114 valence electrons. The lowest BCUT2D eigenvalue weighted by molar-refractivity contribution is 0.276. The van der Waals surface area contributed by atoms with Crippen molar-refractivity contribution in [2.75, 3.05) is 6.26 Å². The monoisotopic (exact) mass is 308 g/mol. The van der Waals surface area contributed by atoms with E-state index >= 15 is 0 Å². The van der Waals surface area contributed by atoms with E-state index in [0.717, 1.165) is 25.7 Å². The number of hydrogen-bond acceptors (Lipinski definition) is 5. The van der Waals surface area contributed by atoms with Gasteiger partial charge in [0.05, 0.1) is 4.90 Å². The topological polar surface area (TPSA) is 86.2 Å². The normalized spacial score (nSPS) is 19.0. The molecule has 1 fully saturated rings. The molecule has 0 atom stereocenters. The molecular formula is C15H20N2O3S. The first-order valence-corrected chi connectivity index (χ1v) is 9.13. The largest absolute Gasteiger partial charge is 0.441 e. The van der Waals surface area contributed by atoms with Crippen LogP contribution in [0.3, 0.4) is 0 Å². The van der Waals surface area contributed by atoms with Gasteiger partial charge in [0.15, 0.2) is 21.3 Å². The molecule has 1 aromatic carbocycles. The summed E-state index contributed by atoms with van der Waals surface area (Å²) in [6.45, 7) is 0. The smallest absolute Gasteiger partial charge is 0.197 e. The molecule has 0 aliphatic heterocycles. The minimum Gasteiger partial charge on any atom is -0.441 e. The Morgan fingerprint density at radius 1 is 1.29 bits per heavy atom. The molecule has 0 spiro atoms. The molecule has 1 heterocycles. The van der Waals surface area contributed by atoms with Gasteiger partial charge >= 0.3 is 0 Å². The van der Waals surface area contributed by atoms with Gasteiger partial charge in [0.25, 0.3) is 0 Å². The summed E-state index contributed by atoms with van der Waals surface area (Å²) in [7, 11) is -3.23. The Morgan fingerprint density at radius 3 is 2.67 bits per heavy atom. The maximum Gasteiger partial charge on any atom is 0.197 e. The zero-order chi connectivity index (χ0) is 15.1. The molecule has 6 heteroatoms. The van der Waals surface area contributed by atoms with E-state index in [1.54, 1.807) is 18.2 Å². The first-order chi connectivity index (χ1) is 9.86. The van der Waals surface area contributed by atoms with Crippen molar-refractivity contribution in [1.82, 2.24) is 4.98 Å². The molecule has 2 aromatic rings. The summed E-state index contributed by atoms with van der Waals surface area (Å²) in [6, 6.07) is 4.76. The van der Waals surface area contributed by atoms with Gasteiger partial charge < -0.3 is 10.2 Å². The minimum absolute atomic E-state index is 0.237. The molecule has 2 N–H and O–H groups in total.